The smallest absolute Gasteiger partial charge is 0.324 e. The fourth-order valence-corrected chi connectivity index (χ4v) is 4.89. The summed E-state index contributed by atoms with van der Waals surface area (Å²) in [4.78, 5) is 25.4. The van der Waals surface area contributed by atoms with Crippen LogP contribution in [-0.4, -0.2) is 47.7 Å². The third-order valence-electron chi connectivity index (χ3n) is 5.07. The topological polar surface area (TPSA) is 98.8 Å². The Morgan fingerprint density at radius 1 is 1.19 bits per heavy atom. The van der Waals surface area contributed by atoms with Gasteiger partial charge in [0.15, 0.2) is 0 Å². The number of carbonyl (C=O) groups excluding carboxylic acids is 2. The predicted octanol–water partition coefficient (Wildman–Crippen LogP) is 1.34. The summed E-state index contributed by atoms with van der Waals surface area (Å²) in [6.07, 6.45) is 1.77. The number of hydrogen-bond acceptors (Lipinski definition) is 4. The molecule has 2 heterocycles. The minimum atomic E-state index is -3.49. The van der Waals surface area contributed by atoms with Gasteiger partial charge in [0.2, 0.25) is 0 Å². The summed E-state index contributed by atoms with van der Waals surface area (Å²) in [5.41, 5.74) is 0.727. The molecule has 0 radical (unpaired) electrons. The van der Waals surface area contributed by atoms with Crippen LogP contribution in [0, 0.1) is 0 Å². The van der Waals surface area contributed by atoms with Gasteiger partial charge in [0.25, 0.3) is 16.1 Å². The van der Waals surface area contributed by atoms with E-state index in [9.17, 15) is 18.0 Å². The Balaban J connectivity index is 1.59. The molecule has 1 aromatic rings. The molecule has 0 bridgehead atoms. The molecule has 0 spiro atoms. The summed E-state index contributed by atoms with van der Waals surface area (Å²) in [7, 11) is -3.49. The first-order valence-corrected chi connectivity index (χ1v) is 10.5. The average molecular weight is 394 g/mol. The third-order valence-corrected chi connectivity index (χ3v) is 6.74. The molecule has 0 saturated carbocycles. The van der Waals surface area contributed by atoms with Crippen LogP contribution in [0.4, 0.5) is 4.79 Å². The van der Waals surface area contributed by atoms with Crippen LogP contribution in [0.5, 0.6) is 0 Å². The van der Waals surface area contributed by atoms with Crippen molar-refractivity contribution < 1.29 is 18.0 Å². The molecular weight excluding hydrogens is 368 g/mol. The highest BCUT2D eigenvalue weighted by atomic mass is 32.2. The van der Waals surface area contributed by atoms with E-state index in [1.165, 1.54) is 9.21 Å². The summed E-state index contributed by atoms with van der Waals surface area (Å²) in [5.74, 6) is -0.260. The van der Waals surface area contributed by atoms with E-state index in [1.54, 1.807) is 38.1 Å². The molecule has 148 valence electrons. The zero-order valence-electron chi connectivity index (χ0n) is 15.9. The molecular formula is C18H26N4O4S. The van der Waals surface area contributed by atoms with Crippen LogP contribution < -0.4 is 10.0 Å². The Morgan fingerprint density at radius 3 is 2.33 bits per heavy atom. The van der Waals surface area contributed by atoms with Crippen molar-refractivity contribution in [1.29, 1.82) is 0 Å². The summed E-state index contributed by atoms with van der Waals surface area (Å²) < 4.78 is 28.9. The molecule has 0 unspecified atom stereocenters. The first kappa shape index (κ1) is 19.8. The van der Waals surface area contributed by atoms with E-state index in [0.717, 1.165) is 24.0 Å². The second-order valence-electron chi connectivity index (χ2n) is 7.69. The maximum absolute atomic E-state index is 12.4. The predicted molar refractivity (Wildman–Crippen MR) is 101 cm³/mol. The van der Waals surface area contributed by atoms with Gasteiger partial charge < -0.3 is 5.32 Å². The van der Waals surface area contributed by atoms with E-state index in [-0.39, 0.29) is 25.0 Å². The fraction of sp³-hybridized carbons (Fsp3) is 0.556. The minimum absolute atomic E-state index is 0.0262. The molecule has 0 aromatic heterocycles. The lowest BCUT2D eigenvalue weighted by Gasteiger charge is -2.21. The zero-order chi connectivity index (χ0) is 19.8. The maximum Gasteiger partial charge on any atom is 0.325 e. The molecule has 8 nitrogen and oxygen atoms in total. The number of benzene rings is 1. The Bertz CT molecular complexity index is 835. The van der Waals surface area contributed by atoms with Crippen molar-refractivity contribution in [2.24, 2.45) is 0 Å². The SMILES string of the molecule is C[C@@H]1CCCN1S(=O)(=O)NCc1ccc(CN2C(=O)NC(C)(C)C2=O)cc1. The molecule has 2 aliphatic rings. The summed E-state index contributed by atoms with van der Waals surface area (Å²) >= 11 is 0. The van der Waals surface area contributed by atoms with Crippen LogP contribution in [0.3, 0.4) is 0 Å². The minimum Gasteiger partial charge on any atom is -0.324 e. The van der Waals surface area contributed by atoms with Crippen molar-refractivity contribution in [2.45, 2.75) is 58.3 Å². The van der Waals surface area contributed by atoms with E-state index in [4.69, 9.17) is 0 Å². The Labute approximate surface area is 160 Å². The quantitative estimate of drug-likeness (QED) is 0.711. The van der Waals surface area contributed by atoms with E-state index < -0.39 is 21.8 Å². The largest absolute Gasteiger partial charge is 0.325 e. The second-order valence-corrected chi connectivity index (χ2v) is 9.40. The lowest BCUT2D eigenvalue weighted by atomic mass is 10.1. The van der Waals surface area contributed by atoms with E-state index in [0.29, 0.717) is 6.54 Å². The number of carbonyl (C=O) groups is 2. The van der Waals surface area contributed by atoms with E-state index >= 15 is 0 Å². The third kappa shape index (κ3) is 4.15. The standard InChI is InChI=1S/C18H26N4O4S/c1-13-5-4-10-22(13)27(25,26)19-11-14-6-8-15(9-7-14)12-21-16(23)18(2,3)20-17(21)24/h6-9,13,19H,4-5,10-12H2,1-3H3,(H,20,24)/t13-/m1/s1. The van der Waals surface area contributed by atoms with Crippen molar-refractivity contribution >= 4 is 22.1 Å². The van der Waals surface area contributed by atoms with Crippen LogP contribution in [0.25, 0.3) is 0 Å². The highest BCUT2D eigenvalue weighted by molar-refractivity contribution is 7.87. The Kier molecular flexibility index (Phi) is 5.29. The number of nitrogens with one attached hydrogen (secondary N) is 2. The Hall–Kier alpha value is -1.97. The van der Waals surface area contributed by atoms with Crippen LogP contribution in [-0.2, 0) is 28.1 Å². The highest BCUT2D eigenvalue weighted by Crippen LogP contribution is 2.21. The van der Waals surface area contributed by atoms with Gasteiger partial charge in [0.1, 0.15) is 5.54 Å². The first-order chi connectivity index (χ1) is 12.6. The van der Waals surface area contributed by atoms with Crippen molar-refractivity contribution in [3.05, 3.63) is 35.4 Å². The number of urea groups is 1. The van der Waals surface area contributed by atoms with Crippen LogP contribution in [0.2, 0.25) is 0 Å². The number of hydrogen-bond donors (Lipinski definition) is 2. The van der Waals surface area contributed by atoms with E-state index in [1.807, 2.05) is 6.92 Å². The molecule has 9 heteroatoms. The molecule has 3 amide bonds. The lowest BCUT2D eigenvalue weighted by Crippen LogP contribution is -2.42. The van der Waals surface area contributed by atoms with Crippen molar-refractivity contribution in [3.63, 3.8) is 0 Å². The number of imide groups is 1. The molecule has 2 N–H and O–H groups in total. The monoisotopic (exact) mass is 394 g/mol. The van der Waals surface area contributed by atoms with Crippen molar-refractivity contribution in [3.8, 4) is 0 Å². The number of nitrogens with zero attached hydrogens (tertiary/aromatic N) is 2. The van der Waals surface area contributed by atoms with Gasteiger partial charge in [-0.05, 0) is 44.7 Å². The molecule has 0 aliphatic carbocycles. The summed E-state index contributed by atoms with van der Waals surface area (Å²) in [5, 5.41) is 2.65. The van der Waals surface area contributed by atoms with Gasteiger partial charge in [-0.2, -0.15) is 17.4 Å². The van der Waals surface area contributed by atoms with Gasteiger partial charge in [-0.1, -0.05) is 24.3 Å². The molecule has 1 atom stereocenters. The van der Waals surface area contributed by atoms with Crippen LogP contribution in [0.15, 0.2) is 24.3 Å². The van der Waals surface area contributed by atoms with E-state index in [2.05, 4.69) is 10.0 Å². The average Bonchev–Trinajstić information content (AvgIpc) is 3.11. The number of rotatable bonds is 6. The van der Waals surface area contributed by atoms with Crippen LogP contribution >= 0.6 is 0 Å². The number of amides is 3. The van der Waals surface area contributed by atoms with Gasteiger partial charge in [0.05, 0.1) is 6.54 Å². The normalized spacial score (nSPS) is 23.1. The molecule has 2 saturated heterocycles. The van der Waals surface area contributed by atoms with Gasteiger partial charge in [-0.3, -0.25) is 9.69 Å². The molecule has 27 heavy (non-hydrogen) atoms. The highest BCUT2D eigenvalue weighted by Gasteiger charge is 2.44. The van der Waals surface area contributed by atoms with Crippen molar-refractivity contribution in [2.75, 3.05) is 6.54 Å². The summed E-state index contributed by atoms with van der Waals surface area (Å²) in [6, 6.07) is 6.82. The van der Waals surface area contributed by atoms with Crippen molar-refractivity contribution in [1.82, 2.24) is 19.2 Å². The molecule has 1 aromatic carbocycles. The van der Waals surface area contributed by atoms with Gasteiger partial charge >= 0.3 is 6.03 Å². The lowest BCUT2D eigenvalue weighted by molar-refractivity contribution is -0.130. The maximum atomic E-state index is 12.4. The summed E-state index contributed by atoms with van der Waals surface area (Å²) in [6.45, 7) is 6.19. The Morgan fingerprint density at radius 2 is 1.81 bits per heavy atom. The van der Waals surface area contributed by atoms with Crippen LogP contribution in [0.1, 0.15) is 44.7 Å². The fourth-order valence-electron chi connectivity index (χ4n) is 3.43. The zero-order valence-corrected chi connectivity index (χ0v) is 16.7. The van der Waals surface area contributed by atoms with Gasteiger partial charge in [-0.15, -0.1) is 0 Å². The van der Waals surface area contributed by atoms with Gasteiger partial charge in [0, 0.05) is 19.1 Å². The molecule has 2 aliphatic heterocycles. The molecule has 2 fully saturated rings. The first-order valence-electron chi connectivity index (χ1n) is 9.08. The van der Waals surface area contributed by atoms with Gasteiger partial charge in [-0.25, -0.2) is 4.79 Å². The molecule has 3 rings (SSSR count). The second kappa shape index (κ2) is 7.21.